The van der Waals surface area contributed by atoms with Crippen LogP contribution in [-0.2, 0) is 0 Å². The van der Waals surface area contributed by atoms with Gasteiger partial charge < -0.3 is 5.73 Å². The van der Waals surface area contributed by atoms with E-state index in [1.54, 1.807) is 0 Å². The fourth-order valence-electron chi connectivity index (χ4n) is 2.82. The van der Waals surface area contributed by atoms with Crippen molar-refractivity contribution >= 4 is 0 Å². The molecule has 0 aromatic heterocycles. The number of hydrogen-bond acceptors (Lipinski definition) is 1. The van der Waals surface area contributed by atoms with Crippen molar-refractivity contribution in [1.29, 1.82) is 0 Å². The maximum absolute atomic E-state index is 14.6. The van der Waals surface area contributed by atoms with Crippen molar-refractivity contribution in [1.82, 2.24) is 0 Å². The number of alkyl halides is 1. The highest BCUT2D eigenvalue weighted by molar-refractivity contribution is 4.88. The summed E-state index contributed by atoms with van der Waals surface area (Å²) in [5.74, 6) is 0.583. The minimum atomic E-state index is -0.899. The molecule has 2 N–H and O–H groups in total. The molecule has 1 atom stereocenters. The molecule has 96 valence electrons. The summed E-state index contributed by atoms with van der Waals surface area (Å²) in [5, 5.41) is 0. The standard InChI is InChI=1S/C14H28FN/c1-3-5-6-12(4-2)11-14(15)9-7-13(16)8-10-14/h12-13H,3-11,16H2,1-2H3. The first-order chi connectivity index (χ1) is 7.59. The van der Waals surface area contributed by atoms with Gasteiger partial charge in [0.05, 0.1) is 0 Å². The van der Waals surface area contributed by atoms with Gasteiger partial charge in [-0.3, -0.25) is 0 Å². The van der Waals surface area contributed by atoms with Crippen molar-refractivity contribution in [2.45, 2.75) is 83.3 Å². The van der Waals surface area contributed by atoms with Crippen molar-refractivity contribution in [2.75, 3.05) is 0 Å². The molecule has 1 aliphatic carbocycles. The summed E-state index contributed by atoms with van der Waals surface area (Å²) >= 11 is 0. The summed E-state index contributed by atoms with van der Waals surface area (Å²) in [6.07, 6.45) is 8.70. The van der Waals surface area contributed by atoms with E-state index in [0.29, 0.717) is 18.8 Å². The summed E-state index contributed by atoms with van der Waals surface area (Å²) in [5.41, 5.74) is 4.93. The van der Waals surface area contributed by atoms with Crippen LogP contribution in [0, 0.1) is 5.92 Å². The Hall–Kier alpha value is -0.110. The first-order valence-electron chi connectivity index (χ1n) is 7.04. The van der Waals surface area contributed by atoms with E-state index in [1.165, 1.54) is 19.3 Å². The largest absolute Gasteiger partial charge is 0.328 e. The highest BCUT2D eigenvalue weighted by Gasteiger charge is 2.35. The van der Waals surface area contributed by atoms with E-state index in [1.807, 2.05) is 0 Å². The van der Waals surface area contributed by atoms with Crippen LogP contribution in [0.15, 0.2) is 0 Å². The predicted octanol–water partition coefficient (Wildman–Crippen LogP) is 4.20. The average molecular weight is 229 g/mol. The van der Waals surface area contributed by atoms with Gasteiger partial charge in [0.15, 0.2) is 0 Å². The van der Waals surface area contributed by atoms with E-state index in [0.717, 1.165) is 25.7 Å². The molecule has 0 saturated heterocycles. The zero-order valence-electron chi connectivity index (χ0n) is 11.0. The minimum Gasteiger partial charge on any atom is -0.328 e. The Morgan fingerprint density at radius 2 is 1.94 bits per heavy atom. The second-order valence-electron chi connectivity index (χ2n) is 5.61. The van der Waals surface area contributed by atoms with Crippen LogP contribution in [-0.4, -0.2) is 11.7 Å². The van der Waals surface area contributed by atoms with Crippen molar-refractivity contribution in [2.24, 2.45) is 11.7 Å². The second-order valence-corrected chi connectivity index (χ2v) is 5.61. The molecule has 0 amide bonds. The zero-order valence-corrected chi connectivity index (χ0v) is 11.0. The van der Waals surface area contributed by atoms with Gasteiger partial charge in [0.2, 0.25) is 0 Å². The third-order valence-electron chi connectivity index (χ3n) is 4.12. The first-order valence-corrected chi connectivity index (χ1v) is 7.04. The zero-order chi connectivity index (χ0) is 12.0. The van der Waals surface area contributed by atoms with E-state index in [4.69, 9.17) is 5.73 Å². The van der Waals surface area contributed by atoms with Crippen LogP contribution < -0.4 is 5.73 Å². The summed E-state index contributed by atoms with van der Waals surface area (Å²) in [6, 6.07) is 0.250. The van der Waals surface area contributed by atoms with Gasteiger partial charge in [0, 0.05) is 6.04 Å². The molecular weight excluding hydrogens is 201 g/mol. The monoisotopic (exact) mass is 229 g/mol. The fourth-order valence-corrected chi connectivity index (χ4v) is 2.82. The molecule has 1 rings (SSSR count). The van der Waals surface area contributed by atoms with Crippen LogP contribution in [0.2, 0.25) is 0 Å². The van der Waals surface area contributed by atoms with Gasteiger partial charge in [-0.1, -0.05) is 39.5 Å². The van der Waals surface area contributed by atoms with Crippen molar-refractivity contribution in [3.05, 3.63) is 0 Å². The van der Waals surface area contributed by atoms with E-state index in [-0.39, 0.29) is 6.04 Å². The van der Waals surface area contributed by atoms with Gasteiger partial charge in [0.25, 0.3) is 0 Å². The Kier molecular flexibility index (Phi) is 5.74. The number of nitrogens with two attached hydrogens (primary N) is 1. The van der Waals surface area contributed by atoms with Crippen molar-refractivity contribution in [3.8, 4) is 0 Å². The Bertz CT molecular complexity index is 185. The van der Waals surface area contributed by atoms with E-state index < -0.39 is 5.67 Å². The molecule has 1 nitrogen and oxygen atoms in total. The number of unbranched alkanes of at least 4 members (excludes halogenated alkanes) is 1. The minimum absolute atomic E-state index is 0.250. The molecule has 1 saturated carbocycles. The quantitative estimate of drug-likeness (QED) is 0.725. The topological polar surface area (TPSA) is 26.0 Å². The highest BCUT2D eigenvalue weighted by atomic mass is 19.1. The van der Waals surface area contributed by atoms with Crippen molar-refractivity contribution < 1.29 is 4.39 Å². The summed E-state index contributed by atoms with van der Waals surface area (Å²) in [7, 11) is 0. The van der Waals surface area contributed by atoms with E-state index in [9.17, 15) is 4.39 Å². The van der Waals surface area contributed by atoms with Gasteiger partial charge in [-0.05, 0) is 38.0 Å². The van der Waals surface area contributed by atoms with Gasteiger partial charge in [-0.2, -0.15) is 0 Å². The lowest BCUT2D eigenvalue weighted by molar-refractivity contribution is 0.0661. The molecule has 0 aromatic rings. The molecular formula is C14H28FN. The molecule has 1 unspecified atom stereocenters. The van der Waals surface area contributed by atoms with E-state index >= 15 is 0 Å². The fraction of sp³-hybridized carbons (Fsp3) is 1.00. The molecule has 1 fully saturated rings. The van der Waals surface area contributed by atoms with E-state index in [2.05, 4.69) is 13.8 Å². The normalized spacial score (nSPS) is 32.6. The summed E-state index contributed by atoms with van der Waals surface area (Å²) < 4.78 is 14.6. The van der Waals surface area contributed by atoms with Crippen LogP contribution in [0.3, 0.4) is 0 Å². The lowest BCUT2D eigenvalue weighted by Gasteiger charge is -2.35. The Labute approximate surface area is 100.0 Å². The third kappa shape index (κ3) is 4.40. The second kappa shape index (κ2) is 6.58. The average Bonchev–Trinajstić information content (AvgIpc) is 2.29. The Morgan fingerprint density at radius 3 is 2.44 bits per heavy atom. The lowest BCUT2D eigenvalue weighted by atomic mass is 9.77. The van der Waals surface area contributed by atoms with Gasteiger partial charge in [-0.15, -0.1) is 0 Å². The summed E-state index contributed by atoms with van der Waals surface area (Å²) in [6.45, 7) is 4.40. The maximum Gasteiger partial charge on any atom is 0.111 e. The number of hydrogen-bond donors (Lipinski definition) is 1. The third-order valence-corrected chi connectivity index (χ3v) is 4.12. The highest BCUT2D eigenvalue weighted by Crippen LogP contribution is 2.38. The molecule has 0 bridgehead atoms. The van der Waals surface area contributed by atoms with Crippen LogP contribution in [0.1, 0.15) is 71.6 Å². The molecule has 0 radical (unpaired) electrons. The maximum atomic E-state index is 14.6. The molecule has 16 heavy (non-hydrogen) atoms. The molecule has 0 aliphatic heterocycles. The van der Waals surface area contributed by atoms with Crippen LogP contribution in [0.4, 0.5) is 4.39 Å². The van der Waals surface area contributed by atoms with Gasteiger partial charge >= 0.3 is 0 Å². The van der Waals surface area contributed by atoms with Crippen LogP contribution in [0.5, 0.6) is 0 Å². The molecule has 1 aliphatic rings. The molecule has 2 heteroatoms. The SMILES string of the molecule is CCCCC(CC)CC1(F)CCC(N)CC1. The van der Waals surface area contributed by atoms with Crippen molar-refractivity contribution in [3.63, 3.8) is 0 Å². The number of halogens is 1. The summed E-state index contributed by atoms with van der Waals surface area (Å²) in [4.78, 5) is 0. The van der Waals surface area contributed by atoms with Crippen LogP contribution >= 0.6 is 0 Å². The Balaban J connectivity index is 2.37. The smallest absolute Gasteiger partial charge is 0.111 e. The molecule has 0 aromatic carbocycles. The van der Waals surface area contributed by atoms with Gasteiger partial charge in [-0.25, -0.2) is 4.39 Å². The molecule has 0 heterocycles. The Morgan fingerprint density at radius 1 is 1.31 bits per heavy atom. The number of rotatable bonds is 6. The van der Waals surface area contributed by atoms with Crippen LogP contribution in [0.25, 0.3) is 0 Å². The van der Waals surface area contributed by atoms with Gasteiger partial charge in [0.1, 0.15) is 5.67 Å². The first kappa shape index (κ1) is 14.0. The predicted molar refractivity (Wildman–Crippen MR) is 68.2 cm³/mol. The molecule has 0 spiro atoms. The lowest BCUT2D eigenvalue weighted by Crippen LogP contribution is -2.37.